The predicted molar refractivity (Wildman–Crippen MR) is 111 cm³/mol. The fourth-order valence-corrected chi connectivity index (χ4v) is 3.24. The van der Waals surface area contributed by atoms with Gasteiger partial charge in [-0.2, -0.15) is 0 Å². The standard InChI is InChI=1S/C21H29N5O/c1-4-26(5-2)20-11-10-16(13-23-20)14-24-21(22-3)25-15-18-12-17-8-6-7-9-19(17)27-18/h6-11,13,18H,4-5,12,14-15H2,1-3H3,(H2,22,24,25). The number of hydrogen-bond acceptors (Lipinski definition) is 4. The van der Waals surface area contributed by atoms with Gasteiger partial charge in [-0.15, -0.1) is 0 Å². The molecule has 6 nitrogen and oxygen atoms in total. The van der Waals surface area contributed by atoms with Crippen molar-refractivity contribution in [3.8, 4) is 5.75 Å². The van der Waals surface area contributed by atoms with Crippen molar-refractivity contribution >= 4 is 11.8 Å². The van der Waals surface area contributed by atoms with E-state index in [1.807, 2.05) is 18.3 Å². The first-order valence-corrected chi connectivity index (χ1v) is 9.62. The van der Waals surface area contributed by atoms with Gasteiger partial charge < -0.3 is 20.3 Å². The van der Waals surface area contributed by atoms with E-state index in [-0.39, 0.29) is 6.10 Å². The van der Waals surface area contributed by atoms with Crippen LogP contribution in [0.2, 0.25) is 0 Å². The van der Waals surface area contributed by atoms with E-state index in [0.717, 1.165) is 42.6 Å². The van der Waals surface area contributed by atoms with E-state index in [1.54, 1.807) is 7.05 Å². The number of hydrogen-bond donors (Lipinski definition) is 2. The second-order valence-corrected chi connectivity index (χ2v) is 6.56. The Bertz CT molecular complexity index is 730. The van der Waals surface area contributed by atoms with Crippen LogP contribution in [0.3, 0.4) is 0 Å². The number of para-hydroxylation sites is 1. The van der Waals surface area contributed by atoms with Crippen molar-refractivity contribution in [3.05, 3.63) is 53.7 Å². The van der Waals surface area contributed by atoms with Crippen LogP contribution in [0.4, 0.5) is 5.82 Å². The lowest BCUT2D eigenvalue weighted by Gasteiger charge is -2.20. The number of nitrogens with one attached hydrogen (secondary N) is 2. The molecule has 0 saturated carbocycles. The van der Waals surface area contributed by atoms with Gasteiger partial charge in [-0.05, 0) is 37.1 Å². The van der Waals surface area contributed by atoms with Gasteiger partial charge in [0, 0.05) is 39.3 Å². The Balaban J connectivity index is 1.46. The first-order valence-electron chi connectivity index (χ1n) is 9.62. The lowest BCUT2D eigenvalue weighted by molar-refractivity contribution is 0.235. The molecule has 0 saturated heterocycles. The van der Waals surface area contributed by atoms with Gasteiger partial charge >= 0.3 is 0 Å². The maximum absolute atomic E-state index is 5.96. The van der Waals surface area contributed by atoms with Crippen molar-refractivity contribution in [3.63, 3.8) is 0 Å². The zero-order chi connectivity index (χ0) is 19.1. The SMILES string of the molecule is CCN(CC)c1ccc(CNC(=NC)NCC2Cc3ccccc3O2)cn1. The molecule has 0 fully saturated rings. The fourth-order valence-electron chi connectivity index (χ4n) is 3.24. The molecule has 0 amide bonds. The predicted octanol–water partition coefficient (Wildman–Crippen LogP) is 2.60. The Morgan fingerprint density at radius 2 is 2.00 bits per heavy atom. The van der Waals surface area contributed by atoms with E-state index in [2.05, 4.69) is 63.6 Å². The lowest BCUT2D eigenvalue weighted by Crippen LogP contribution is -2.41. The second-order valence-electron chi connectivity index (χ2n) is 6.56. The average Bonchev–Trinajstić information content (AvgIpc) is 3.13. The summed E-state index contributed by atoms with van der Waals surface area (Å²) in [5, 5.41) is 6.69. The first kappa shape index (κ1) is 19.0. The average molecular weight is 367 g/mol. The minimum Gasteiger partial charge on any atom is -0.488 e. The smallest absolute Gasteiger partial charge is 0.191 e. The van der Waals surface area contributed by atoms with E-state index in [9.17, 15) is 0 Å². The fraction of sp³-hybridized carbons (Fsp3) is 0.429. The van der Waals surface area contributed by atoms with Crippen molar-refractivity contribution in [1.82, 2.24) is 15.6 Å². The van der Waals surface area contributed by atoms with E-state index >= 15 is 0 Å². The quantitative estimate of drug-likeness (QED) is 0.582. The summed E-state index contributed by atoms with van der Waals surface area (Å²) in [4.78, 5) is 11.1. The Labute approximate surface area is 161 Å². The van der Waals surface area contributed by atoms with Crippen LogP contribution in [0, 0.1) is 0 Å². The molecule has 1 aromatic carbocycles. The van der Waals surface area contributed by atoms with Gasteiger partial charge in [0.1, 0.15) is 17.7 Å². The van der Waals surface area contributed by atoms with Crippen LogP contribution in [-0.4, -0.2) is 43.7 Å². The summed E-state index contributed by atoms with van der Waals surface area (Å²) in [5.74, 6) is 2.78. The Morgan fingerprint density at radius 1 is 1.19 bits per heavy atom. The molecule has 1 unspecified atom stereocenters. The zero-order valence-corrected chi connectivity index (χ0v) is 16.4. The molecule has 144 valence electrons. The molecule has 2 heterocycles. The number of anilines is 1. The summed E-state index contributed by atoms with van der Waals surface area (Å²) in [6.07, 6.45) is 2.98. The number of guanidine groups is 1. The number of benzene rings is 1. The largest absolute Gasteiger partial charge is 0.488 e. The summed E-state index contributed by atoms with van der Waals surface area (Å²) < 4.78 is 5.96. The van der Waals surface area contributed by atoms with E-state index in [0.29, 0.717) is 13.1 Å². The second kappa shape index (κ2) is 9.26. The van der Waals surface area contributed by atoms with Crippen LogP contribution < -0.4 is 20.3 Å². The van der Waals surface area contributed by atoms with Crippen molar-refractivity contribution in [1.29, 1.82) is 0 Å². The molecule has 27 heavy (non-hydrogen) atoms. The molecule has 2 N–H and O–H groups in total. The summed E-state index contributed by atoms with van der Waals surface area (Å²) in [6.45, 7) is 7.60. The van der Waals surface area contributed by atoms with Gasteiger partial charge in [0.25, 0.3) is 0 Å². The minimum absolute atomic E-state index is 0.135. The number of pyridine rings is 1. The van der Waals surface area contributed by atoms with Gasteiger partial charge in [0.05, 0.1) is 6.54 Å². The molecule has 3 rings (SSSR count). The summed E-state index contributed by atoms with van der Waals surface area (Å²) in [7, 11) is 1.78. The molecule has 1 aromatic heterocycles. The number of ether oxygens (including phenoxy) is 1. The van der Waals surface area contributed by atoms with Crippen LogP contribution >= 0.6 is 0 Å². The van der Waals surface area contributed by atoms with Gasteiger partial charge in [-0.1, -0.05) is 24.3 Å². The number of rotatable bonds is 7. The van der Waals surface area contributed by atoms with Crippen molar-refractivity contribution < 1.29 is 4.74 Å². The Kier molecular flexibility index (Phi) is 6.52. The molecule has 0 aliphatic carbocycles. The minimum atomic E-state index is 0.135. The summed E-state index contributed by atoms with van der Waals surface area (Å²) >= 11 is 0. The third kappa shape index (κ3) is 4.90. The zero-order valence-electron chi connectivity index (χ0n) is 16.4. The highest BCUT2D eigenvalue weighted by Crippen LogP contribution is 2.27. The molecular weight excluding hydrogens is 338 g/mol. The highest BCUT2D eigenvalue weighted by molar-refractivity contribution is 5.79. The summed E-state index contributed by atoms with van der Waals surface area (Å²) in [6, 6.07) is 12.4. The number of aliphatic imine (C=N–C) groups is 1. The van der Waals surface area contributed by atoms with Crippen LogP contribution in [0.1, 0.15) is 25.0 Å². The molecule has 1 aliphatic rings. The van der Waals surface area contributed by atoms with Crippen molar-refractivity contribution in [2.45, 2.75) is 32.9 Å². The molecule has 2 aromatic rings. The molecule has 0 bridgehead atoms. The number of aromatic nitrogens is 1. The van der Waals surface area contributed by atoms with Gasteiger partial charge in [0.2, 0.25) is 0 Å². The van der Waals surface area contributed by atoms with E-state index in [4.69, 9.17) is 4.74 Å². The van der Waals surface area contributed by atoms with Crippen LogP contribution in [0.25, 0.3) is 0 Å². The Morgan fingerprint density at radius 3 is 2.67 bits per heavy atom. The normalized spacial score (nSPS) is 15.8. The summed E-state index contributed by atoms with van der Waals surface area (Å²) in [5.41, 5.74) is 2.39. The molecule has 0 spiro atoms. The van der Waals surface area contributed by atoms with Gasteiger partial charge in [0.15, 0.2) is 5.96 Å². The topological polar surface area (TPSA) is 61.8 Å². The molecule has 6 heteroatoms. The maximum atomic E-state index is 5.96. The first-order chi connectivity index (χ1) is 13.2. The third-order valence-electron chi connectivity index (χ3n) is 4.79. The molecular formula is C21H29N5O. The van der Waals surface area contributed by atoms with Crippen LogP contribution in [0.15, 0.2) is 47.6 Å². The van der Waals surface area contributed by atoms with E-state index in [1.165, 1.54) is 5.56 Å². The van der Waals surface area contributed by atoms with Crippen LogP contribution in [0.5, 0.6) is 5.75 Å². The van der Waals surface area contributed by atoms with Gasteiger partial charge in [-0.3, -0.25) is 4.99 Å². The lowest BCUT2D eigenvalue weighted by atomic mass is 10.1. The van der Waals surface area contributed by atoms with Crippen LogP contribution in [-0.2, 0) is 13.0 Å². The Hall–Kier alpha value is -2.76. The van der Waals surface area contributed by atoms with Gasteiger partial charge in [-0.25, -0.2) is 4.98 Å². The monoisotopic (exact) mass is 367 g/mol. The highest BCUT2D eigenvalue weighted by Gasteiger charge is 2.22. The molecule has 0 radical (unpaired) electrons. The number of nitrogens with zero attached hydrogens (tertiary/aromatic N) is 3. The maximum Gasteiger partial charge on any atom is 0.191 e. The highest BCUT2D eigenvalue weighted by atomic mass is 16.5. The van der Waals surface area contributed by atoms with E-state index < -0.39 is 0 Å². The number of fused-ring (bicyclic) bond motifs is 1. The third-order valence-corrected chi connectivity index (χ3v) is 4.79. The molecule has 1 atom stereocenters. The van der Waals surface area contributed by atoms with Crippen molar-refractivity contribution in [2.24, 2.45) is 4.99 Å². The molecule has 1 aliphatic heterocycles. The van der Waals surface area contributed by atoms with Crippen molar-refractivity contribution in [2.75, 3.05) is 31.6 Å².